The van der Waals surface area contributed by atoms with Gasteiger partial charge in [-0.1, -0.05) is 55.8 Å². The van der Waals surface area contributed by atoms with Crippen LogP contribution in [0.4, 0.5) is 0 Å². The molecule has 262 valence electrons. The lowest BCUT2D eigenvalue weighted by Gasteiger charge is -2.35. The van der Waals surface area contributed by atoms with Crippen molar-refractivity contribution in [3.05, 3.63) is 81.2 Å². The zero-order valence-corrected chi connectivity index (χ0v) is 30.0. The summed E-state index contributed by atoms with van der Waals surface area (Å²) in [7, 11) is -2.72. The third-order valence-corrected chi connectivity index (χ3v) is 12.3. The molecular weight excluding hydrogens is 694 g/mol. The van der Waals surface area contributed by atoms with Crippen molar-refractivity contribution in [2.45, 2.75) is 59.0 Å². The molecule has 2 aliphatic carbocycles. The smallest absolute Gasteiger partial charge is 0.348 e. The van der Waals surface area contributed by atoms with Crippen LogP contribution in [0.5, 0.6) is 10.8 Å². The number of nitrogens with zero attached hydrogens (tertiary/aromatic N) is 1. The zero-order valence-electron chi connectivity index (χ0n) is 27.6. The standard InChI is InChI=1S/C25H22ClNO6S.C10H16O4S/c1-15(28)32-20-10-6-4-8-18(20)24(29)33-22-13-16-14-27(12-11-21(16)34-22)23(25(30)31-2)17-7-3-5-9-19(17)26;1-9(2)7-3-4-10(9,8(11)5-7)6-15(12,13)14/h3-10,13,23H,11-12,14H2,1-2H3;7H,3-6H2,1-2H3,(H,12,13,14)/t;7-,10-/m.1/s1. The van der Waals surface area contributed by atoms with E-state index in [4.69, 9.17) is 30.4 Å². The minimum Gasteiger partial charge on any atom is -0.468 e. The maximum atomic E-state index is 12.8. The summed E-state index contributed by atoms with van der Waals surface area (Å²) in [6.45, 7) is 6.24. The number of esters is 3. The van der Waals surface area contributed by atoms with E-state index in [1.54, 1.807) is 30.3 Å². The number of ketones is 1. The van der Waals surface area contributed by atoms with Crippen LogP contribution in [-0.2, 0) is 42.2 Å². The van der Waals surface area contributed by atoms with Crippen molar-refractivity contribution in [3.8, 4) is 10.8 Å². The maximum Gasteiger partial charge on any atom is 0.348 e. The highest BCUT2D eigenvalue weighted by molar-refractivity contribution is 7.85. The number of rotatable bonds is 8. The van der Waals surface area contributed by atoms with Gasteiger partial charge in [-0.15, -0.1) is 11.3 Å². The first-order chi connectivity index (χ1) is 23.1. The molecule has 3 aliphatic rings. The first kappa shape index (κ1) is 36.7. The number of para-hydroxylation sites is 1. The molecule has 6 rings (SSSR count). The number of Topliss-reactive ketones (excluding diaryl/α,β-unsaturated/α-hetero) is 1. The fraction of sp³-hybridized carbons (Fsp3) is 0.429. The molecule has 3 atom stereocenters. The van der Waals surface area contributed by atoms with Crippen LogP contribution in [0.2, 0.25) is 5.02 Å². The van der Waals surface area contributed by atoms with Crippen molar-refractivity contribution in [3.63, 3.8) is 0 Å². The van der Waals surface area contributed by atoms with Gasteiger partial charge in [0.2, 0.25) is 0 Å². The molecule has 1 aliphatic heterocycles. The Hall–Kier alpha value is -3.62. The topological polar surface area (TPSA) is 154 Å². The van der Waals surface area contributed by atoms with Gasteiger partial charge in [0.25, 0.3) is 10.1 Å². The monoisotopic (exact) mass is 731 g/mol. The number of carbonyl (C=O) groups is 4. The molecular formula is C35H38ClNO10S2. The van der Waals surface area contributed by atoms with Crippen LogP contribution in [0.1, 0.15) is 72.4 Å². The number of fused-ring (bicyclic) bond motifs is 3. The lowest BCUT2D eigenvalue weighted by molar-refractivity contribution is -0.147. The number of thiophene rings is 1. The summed E-state index contributed by atoms with van der Waals surface area (Å²) < 4.78 is 46.8. The van der Waals surface area contributed by atoms with Crippen LogP contribution in [0, 0.1) is 16.7 Å². The fourth-order valence-corrected chi connectivity index (χ4v) is 9.87. The molecule has 2 aromatic carbocycles. The number of hydrogen-bond acceptors (Lipinski definition) is 11. The molecule has 2 saturated carbocycles. The van der Waals surface area contributed by atoms with E-state index in [2.05, 4.69) is 0 Å². The van der Waals surface area contributed by atoms with E-state index in [0.717, 1.165) is 16.9 Å². The van der Waals surface area contributed by atoms with Gasteiger partial charge in [0, 0.05) is 36.3 Å². The van der Waals surface area contributed by atoms with Crippen LogP contribution in [-0.4, -0.2) is 61.0 Å². The van der Waals surface area contributed by atoms with Crippen molar-refractivity contribution >= 4 is 56.7 Å². The largest absolute Gasteiger partial charge is 0.468 e. The first-order valence-corrected chi connectivity index (χ1v) is 18.5. The number of hydrogen-bond donors (Lipinski definition) is 1. The Morgan fingerprint density at radius 3 is 2.41 bits per heavy atom. The summed E-state index contributed by atoms with van der Waals surface area (Å²) in [6, 6.07) is 14.8. The predicted octanol–water partition coefficient (Wildman–Crippen LogP) is 6.09. The van der Waals surface area contributed by atoms with E-state index in [1.165, 1.54) is 31.4 Å². The molecule has 0 spiro atoms. The van der Waals surface area contributed by atoms with Crippen molar-refractivity contribution in [2.24, 2.45) is 16.7 Å². The van der Waals surface area contributed by atoms with Crippen LogP contribution >= 0.6 is 22.9 Å². The Bertz CT molecular complexity index is 1890. The molecule has 1 N–H and O–H groups in total. The quantitative estimate of drug-likeness (QED) is 0.163. The molecule has 0 saturated heterocycles. The Balaban J connectivity index is 0.000000259. The zero-order chi connectivity index (χ0) is 35.7. The molecule has 2 bridgehead atoms. The van der Waals surface area contributed by atoms with Crippen LogP contribution in [0.3, 0.4) is 0 Å². The molecule has 3 aromatic rings. The molecule has 49 heavy (non-hydrogen) atoms. The van der Waals surface area contributed by atoms with Gasteiger partial charge in [-0.2, -0.15) is 8.42 Å². The van der Waals surface area contributed by atoms with E-state index in [-0.39, 0.29) is 34.4 Å². The van der Waals surface area contributed by atoms with Crippen molar-refractivity contribution < 1.29 is 46.4 Å². The Morgan fingerprint density at radius 1 is 1.10 bits per heavy atom. The lowest BCUT2D eigenvalue weighted by Crippen LogP contribution is -2.42. The molecule has 2 heterocycles. The summed E-state index contributed by atoms with van der Waals surface area (Å²) >= 11 is 7.77. The summed E-state index contributed by atoms with van der Waals surface area (Å²) in [5, 5.41) is 0.928. The van der Waals surface area contributed by atoms with Gasteiger partial charge in [-0.05, 0) is 66.0 Å². The van der Waals surface area contributed by atoms with Crippen LogP contribution < -0.4 is 9.47 Å². The van der Waals surface area contributed by atoms with Gasteiger partial charge in [-0.25, -0.2) is 9.59 Å². The molecule has 1 unspecified atom stereocenters. The summed E-state index contributed by atoms with van der Waals surface area (Å²) in [5.74, 6) is -1.48. The normalized spacial score (nSPS) is 21.6. The summed E-state index contributed by atoms with van der Waals surface area (Å²) in [4.78, 5) is 51.7. The molecule has 0 amide bonds. The number of carbonyl (C=O) groups excluding carboxylic acids is 4. The fourth-order valence-electron chi connectivity index (χ4n) is 7.32. The van der Waals surface area contributed by atoms with E-state index in [1.807, 2.05) is 36.9 Å². The van der Waals surface area contributed by atoms with Crippen LogP contribution in [0.25, 0.3) is 0 Å². The van der Waals surface area contributed by atoms with Crippen molar-refractivity contribution in [2.75, 3.05) is 19.4 Å². The van der Waals surface area contributed by atoms with Gasteiger partial charge >= 0.3 is 17.9 Å². The van der Waals surface area contributed by atoms with Gasteiger partial charge in [0.1, 0.15) is 23.1 Å². The van der Waals surface area contributed by atoms with Gasteiger partial charge < -0.3 is 14.2 Å². The average molecular weight is 732 g/mol. The molecule has 11 nitrogen and oxygen atoms in total. The number of ether oxygens (including phenoxy) is 3. The number of methoxy groups -OCH3 is 1. The number of benzene rings is 2. The summed E-state index contributed by atoms with van der Waals surface area (Å²) in [6.07, 6.45) is 2.65. The molecule has 14 heteroatoms. The Kier molecular flexibility index (Phi) is 10.7. The maximum absolute atomic E-state index is 12.8. The highest BCUT2D eigenvalue weighted by atomic mass is 35.5. The SMILES string of the molecule is CC1(C)[C@@H]2CC[C@@]1(CS(=O)(=O)O)C(=O)C2.COC(=O)C(c1ccccc1Cl)N1CCc2sc(OC(=O)c3ccccc3OC(C)=O)cc2C1. The third kappa shape index (κ3) is 7.60. The summed E-state index contributed by atoms with van der Waals surface area (Å²) in [5.41, 5.74) is 0.692. The predicted molar refractivity (Wildman–Crippen MR) is 182 cm³/mol. The molecule has 1 aromatic heterocycles. The van der Waals surface area contributed by atoms with E-state index in [0.29, 0.717) is 48.0 Å². The highest BCUT2D eigenvalue weighted by Gasteiger charge is 2.65. The highest BCUT2D eigenvalue weighted by Crippen LogP contribution is 2.64. The first-order valence-electron chi connectivity index (χ1n) is 15.7. The minimum absolute atomic E-state index is 0.0152. The Labute approximate surface area is 294 Å². The van der Waals surface area contributed by atoms with Crippen LogP contribution in [0.15, 0.2) is 54.6 Å². The second-order valence-electron chi connectivity index (χ2n) is 13.1. The van der Waals surface area contributed by atoms with Gasteiger partial charge in [-0.3, -0.25) is 19.0 Å². The van der Waals surface area contributed by atoms with Crippen molar-refractivity contribution in [1.82, 2.24) is 4.90 Å². The minimum atomic E-state index is -4.08. The molecule has 2 fully saturated rings. The van der Waals surface area contributed by atoms with E-state index in [9.17, 15) is 27.6 Å². The average Bonchev–Trinajstić information content (AvgIpc) is 3.59. The Morgan fingerprint density at radius 2 is 1.80 bits per heavy atom. The third-order valence-electron chi connectivity index (χ3n) is 9.98. The lowest BCUT2D eigenvalue weighted by atomic mass is 9.70. The van der Waals surface area contributed by atoms with Crippen molar-refractivity contribution in [1.29, 1.82) is 0 Å². The van der Waals surface area contributed by atoms with Gasteiger partial charge in [0.15, 0.2) is 5.06 Å². The van der Waals surface area contributed by atoms with E-state index >= 15 is 0 Å². The second kappa shape index (κ2) is 14.3. The second-order valence-corrected chi connectivity index (χ2v) is 16.0. The molecule has 0 radical (unpaired) electrons. The van der Waals surface area contributed by atoms with Gasteiger partial charge in [0.05, 0.1) is 18.3 Å². The van der Waals surface area contributed by atoms with E-state index < -0.39 is 39.3 Å². The number of halogens is 1.